The van der Waals surface area contributed by atoms with Crippen molar-refractivity contribution in [1.29, 1.82) is 0 Å². The number of hydrogen-bond acceptors (Lipinski definition) is 2. The number of rotatable bonds is 1. The third-order valence-corrected chi connectivity index (χ3v) is 3.58. The largest absolute Gasteiger partial charge is 0.361 e. The second-order valence-corrected chi connectivity index (χ2v) is 5.11. The number of anilines is 1. The molecule has 3 rings (SSSR count). The van der Waals surface area contributed by atoms with E-state index in [9.17, 15) is 4.79 Å². The molecule has 0 fully saturated rings. The lowest BCUT2D eigenvalue weighted by atomic mass is 10.1. The van der Waals surface area contributed by atoms with E-state index in [0.717, 1.165) is 11.3 Å². The summed E-state index contributed by atoms with van der Waals surface area (Å²) in [7, 11) is 0. The Bertz CT molecular complexity index is 658. The molecule has 1 heterocycles. The van der Waals surface area contributed by atoms with Crippen molar-refractivity contribution in [2.24, 2.45) is 0 Å². The number of halogens is 2. The molecule has 0 aromatic heterocycles. The number of fused-ring (bicyclic) bond motifs is 1. The van der Waals surface area contributed by atoms with Crippen LogP contribution in [0.5, 0.6) is 0 Å². The van der Waals surface area contributed by atoms with E-state index in [2.05, 4.69) is 10.6 Å². The summed E-state index contributed by atoms with van der Waals surface area (Å²) in [4.78, 5) is 12.0. The van der Waals surface area contributed by atoms with Gasteiger partial charge in [-0.05, 0) is 24.3 Å². The highest BCUT2D eigenvalue weighted by Crippen LogP contribution is 2.31. The molecule has 0 unspecified atom stereocenters. The van der Waals surface area contributed by atoms with Gasteiger partial charge in [-0.1, -0.05) is 41.4 Å². The van der Waals surface area contributed by atoms with Gasteiger partial charge in [-0.3, -0.25) is 4.79 Å². The van der Waals surface area contributed by atoms with Gasteiger partial charge in [-0.2, -0.15) is 0 Å². The number of hydrogen-bond donors (Lipinski definition) is 2. The number of carbonyl (C=O) groups is 1. The third kappa shape index (κ3) is 2.27. The maximum absolute atomic E-state index is 12.0. The standard InChI is InChI=1S/C14H10Cl2N2O/c15-8-5-6-9(11(16)7-8)13-17-12-4-2-1-3-10(12)14(19)18-13/h1-7,13,17H,(H,18,19)/t13-/m1/s1. The third-order valence-electron chi connectivity index (χ3n) is 3.02. The van der Waals surface area contributed by atoms with Crippen LogP contribution in [0.25, 0.3) is 0 Å². The maximum atomic E-state index is 12.0. The van der Waals surface area contributed by atoms with Crippen LogP contribution in [0.1, 0.15) is 22.1 Å². The molecule has 1 atom stereocenters. The maximum Gasteiger partial charge on any atom is 0.255 e. The van der Waals surface area contributed by atoms with Gasteiger partial charge in [0.05, 0.1) is 5.56 Å². The molecule has 2 N–H and O–H groups in total. The van der Waals surface area contributed by atoms with Gasteiger partial charge in [0.15, 0.2) is 0 Å². The van der Waals surface area contributed by atoms with E-state index in [-0.39, 0.29) is 12.1 Å². The lowest BCUT2D eigenvalue weighted by Gasteiger charge is -2.28. The minimum absolute atomic E-state index is 0.120. The molecule has 2 aromatic carbocycles. The first-order valence-corrected chi connectivity index (χ1v) is 6.52. The van der Waals surface area contributed by atoms with Crippen LogP contribution in [-0.2, 0) is 0 Å². The Morgan fingerprint density at radius 1 is 1.00 bits per heavy atom. The van der Waals surface area contributed by atoms with Gasteiger partial charge in [-0.25, -0.2) is 0 Å². The van der Waals surface area contributed by atoms with Crippen molar-refractivity contribution in [3.8, 4) is 0 Å². The number of amides is 1. The van der Waals surface area contributed by atoms with Crippen LogP contribution in [-0.4, -0.2) is 5.91 Å². The molecule has 0 spiro atoms. The predicted molar refractivity (Wildman–Crippen MR) is 76.7 cm³/mol. The highest BCUT2D eigenvalue weighted by Gasteiger charge is 2.25. The molecule has 2 aromatic rings. The van der Waals surface area contributed by atoms with Gasteiger partial charge in [-0.15, -0.1) is 0 Å². The molecule has 0 radical (unpaired) electrons. The molecule has 96 valence electrons. The summed E-state index contributed by atoms with van der Waals surface area (Å²) in [6, 6.07) is 12.6. The smallest absolute Gasteiger partial charge is 0.255 e. The summed E-state index contributed by atoms with van der Waals surface area (Å²) in [5.74, 6) is -0.120. The molecular formula is C14H10Cl2N2O. The Morgan fingerprint density at radius 3 is 2.58 bits per heavy atom. The van der Waals surface area contributed by atoms with Crippen LogP contribution >= 0.6 is 23.2 Å². The molecule has 1 aliphatic heterocycles. The average molecular weight is 293 g/mol. The minimum atomic E-state index is -0.354. The summed E-state index contributed by atoms with van der Waals surface area (Å²) in [6.07, 6.45) is -0.354. The normalized spacial score (nSPS) is 17.4. The van der Waals surface area contributed by atoms with Gasteiger partial charge in [0.2, 0.25) is 0 Å². The molecule has 1 amide bonds. The average Bonchev–Trinajstić information content (AvgIpc) is 2.38. The topological polar surface area (TPSA) is 41.1 Å². The van der Waals surface area contributed by atoms with Gasteiger partial charge in [0.1, 0.15) is 6.17 Å². The van der Waals surface area contributed by atoms with Crippen LogP contribution in [0, 0.1) is 0 Å². The first kappa shape index (κ1) is 12.3. The lowest BCUT2D eigenvalue weighted by Crippen LogP contribution is -2.38. The molecule has 0 saturated carbocycles. The molecule has 0 aliphatic carbocycles. The summed E-state index contributed by atoms with van der Waals surface area (Å²) in [6.45, 7) is 0. The number of benzene rings is 2. The van der Waals surface area contributed by atoms with E-state index in [1.807, 2.05) is 18.2 Å². The molecule has 0 saturated heterocycles. The van der Waals surface area contributed by atoms with E-state index < -0.39 is 0 Å². The second-order valence-electron chi connectivity index (χ2n) is 4.26. The highest BCUT2D eigenvalue weighted by molar-refractivity contribution is 6.35. The predicted octanol–water partition coefficient (Wildman–Crippen LogP) is 3.85. The van der Waals surface area contributed by atoms with Crippen molar-refractivity contribution >= 4 is 34.8 Å². The highest BCUT2D eigenvalue weighted by atomic mass is 35.5. The van der Waals surface area contributed by atoms with E-state index in [1.54, 1.807) is 24.3 Å². The van der Waals surface area contributed by atoms with Crippen LogP contribution in [0.15, 0.2) is 42.5 Å². The van der Waals surface area contributed by atoms with Crippen molar-refractivity contribution in [2.75, 3.05) is 5.32 Å². The summed E-state index contributed by atoms with van der Waals surface area (Å²) in [5, 5.41) is 7.20. The van der Waals surface area contributed by atoms with Crippen LogP contribution in [0.4, 0.5) is 5.69 Å². The summed E-state index contributed by atoms with van der Waals surface area (Å²) in [5.41, 5.74) is 2.21. The van der Waals surface area contributed by atoms with E-state index in [1.165, 1.54) is 0 Å². The van der Waals surface area contributed by atoms with Crippen molar-refractivity contribution in [1.82, 2.24) is 5.32 Å². The first-order valence-electron chi connectivity index (χ1n) is 5.76. The molecule has 5 heteroatoms. The van der Waals surface area contributed by atoms with Gasteiger partial charge < -0.3 is 10.6 Å². The number of carbonyl (C=O) groups excluding carboxylic acids is 1. The van der Waals surface area contributed by atoms with Gasteiger partial charge >= 0.3 is 0 Å². The number of nitrogens with one attached hydrogen (secondary N) is 2. The fourth-order valence-electron chi connectivity index (χ4n) is 2.10. The van der Waals surface area contributed by atoms with E-state index >= 15 is 0 Å². The molecule has 0 bridgehead atoms. The van der Waals surface area contributed by atoms with Crippen molar-refractivity contribution in [3.63, 3.8) is 0 Å². The fraction of sp³-hybridized carbons (Fsp3) is 0.0714. The van der Waals surface area contributed by atoms with Crippen LogP contribution < -0.4 is 10.6 Å². The number of para-hydroxylation sites is 1. The Hall–Kier alpha value is -1.71. The van der Waals surface area contributed by atoms with Gasteiger partial charge in [0.25, 0.3) is 5.91 Å². The van der Waals surface area contributed by atoms with Crippen LogP contribution in [0.3, 0.4) is 0 Å². The minimum Gasteiger partial charge on any atom is -0.361 e. The Labute approximate surface area is 120 Å². The fourth-order valence-corrected chi connectivity index (χ4v) is 2.62. The van der Waals surface area contributed by atoms with Gasteiger partial charge in [0, 0.05) is 21.3 Å². The first-order chi connectivity index (χ1) is 9.15. The molecule has 19 heavy (non-hydrogen) atoms. The SMILES string of the molecule is O=C1N[C@H](c2ccc(Cl)cc2Cl)Nc2ccccc21. The summed E-state index contributed by atoms with van der Waals surface area (Å²) >= 11 is 12.0. The Kier molecular flexibility index (Phi) is 3.09. The lowest BCUT2D eigenvalue weighted by molar-refractivity contribution is 0.0936. The Balaban J connectivity index is 1.99. The molecule has 1 aliphatic rings. The van der Waals surface area contributed by atoms with E-state index in [4.69, 9.17) is 23.2 Å². The quantitative estimate of drug-likeness (QED) is 0.838. The van der Waals surface area contributed by atoms with Crippen molar-refractivity contribution in [3.05, 3.63) is 63.6 Å². The van der Waals surface area contributed by atoms with Crippen molar-refractivity contribution in [2.45, 2.75) is 6.17 Å². The molecule has 3 nitrogen and oxygen atoms in total. The zero-order chi connectivity index (χ0) is 13.4. The summed E-state index contributed by atoms with van der Waals surface area (Å²) < 4.78 is 0. The zero-order valence-corrected chi connectivity index (χ0v) is 11.3. The molecular weight excluding hydrogens is 283 g/mol. The van der Waals surface area contributed by atoms with Crippen molar-refractivity contribution < 1.29 is 4.79 Å². The Morgan fingerprint density at radius 2 is 1.79 bits per heavy atom. The second kappa shape index (κ2) is 4.76. The van der Waals surface area contributed by atoms with E-state index in [0.29, 0.717) is 15.6 Å². The van der Waals surface area contributed by atoms with Crippen LogP contribution in [0.2, 0.25) is 10.0 Å². The monoisotopic (exact) mass is 292 g/mol. The zero-order valence-electron chi connectivity index (χ0n) is 9.78.